The van der Waals surface area contributed by atoms with Gasteiger partial charge in [0.1, 0.15) is 0 Å². The van der Waals surface area contributed by atoms with E-state index in [0.717, 1.165) is 6.61 Å². The largest absolute Gasteiger partial charge is 0.376 e. The van der Waals surface area contributed by atoms with Crippen LogP contribution in [0.2, 0.25) is 0 Å². The summed E-state index contributed by atoms with van der Waals surface area (Å²) in [5, 5.41) is 0. The molecule has 0 spiro atoms. The van der Waals surface area contributed by atoms with Crippen LogP contribution in [-0.4, -0.2) is 18.6 Å². The third-order valence-electron chi connectivity index (χ3n) is 1.42. The third kappa shape index (κ3) is 4.32. The quantitative estimate of drug-likeness (QED) is 0.509. The molecule has 1 aliphatic heterocycles. The van der Waals surface area contributed by atoms with Crippen molar-refractivity contribution < 1.29 is 9.53 Å². The summed E-state index contributed by atoms with van der Waals surface area (Å²) < 4.78 is 5.34. The van der Waals surface area contributed by atoms with Crippen molar-refractivity contribution in [3.63, 3.8) is 0 Å². The highest BCUT2D eigenvalue weighted by Gasteiger charge is 2.22. The monoisotopic (exact) mass is 145 g/mol. The number of hydrogen-bond acceptors (Lipinski definition) is 2. The summed E-state index contributed by atoms with van der Waals surface area (Å²) in [6, 6.07) is 0. The number of nitrogens with two attached hydrogens (primary N) is 1. The minimum atomic E-state index is 0.194. The minimum absolute atomic E-state index is 0.194. The zero-order valence-corrected chi connectivity index (χ0v) is 6.59. The molecule has 1 heterocycles. The van der Waals surface area contributed by atoms with Gasteiger partial charge in [0.25, 0.3) is 0 Å². The zero-order valence-electron chi connectivity index (χ0n) is 6.59. The first-order valence-electron chi connectivity index (χ1n) is 3.42. The summed E-state index contributed by atoms with van der Waals surface area (Å²) in [6.07, 6.45) is 2.72. The van der Waals surface area contributed by atoms with Gasteiger partial charge in [0.15, 0.2) is 0 Å². The second-order valence-electron chi connectivity index (χ2n) is 2.85. The second-order valence-corrected chi connectivity index (χ2v) is 2.85. The van der Waals surface area contributed by atoms with Gasteiger partial charge in [-0.3, -0.25) is 4.79 Å². The Morgan fingerprint density at radius 2 is 2.10 bits per heavy atom. The first-order valence-corrected chi connectivity index (χ1v) is 3.42. The average Bonchev–Trinajstić information content (AvgIpc) is 2.16. The van der Waals surface area contributed by atoms with E-state index >= 15 is 0 Å². The summed E-state index contributed by atoms with van der Waals surface area (Å²) in [5.41, 5.74) is 4.36. The van der Waals surface area contributed by atoms with Crippen molar-refractivity contribution in [2.24, 2.45) is 5.73 Å². The van der Waals surface area contributed by atoms with Gasteiger partial charge in [-0.2, -0.15) is 0 Å². The number of amides is 1. The first-order chi connectivity index (χ1) is 4.62. The first kappa shape index (κ1) is 9.43. The second kappa shape index (κ2) is 4.28. The van der Waals surface area contributed by atoms with E-state index in [0.29, 0.717) is 0 Å². The highest BCUT2D eigenvalue weighted by Crippen LogP contribution is 2.22. The normalized spacial score (nSPS) is 21.0. The summed E-state index contributed by atoms with van der Waals surface area (Å²) in [7, 11) is 0. The van der Waals surface area contributed by atoms with E-state index in [-0.39, 0.29) is 12.0 Å². The molecule has 0 aromatic rings. The Kier molecular flexibility index (Phi) is 4.03. The average molecular weight is 145 g/mol. The molecule has 0 unspecified atom stereocenters. The molecule has 1 rings (SSSR count). The molecule has 0 atom stereocenters. The molecule has 3 heteroatoms. The van der Waals surface area contributed by atoms with Crippen LogP contribution in [0, 0.1) is 0 Å². The van der Waals surface area contributed by atoms with E-state index in [1.54, 1.807) is 0 Å². The molecule has 1 amide bonds. The van der Waals surface area contributed by atoms with E-state index in [2.05, 4.69) is 19.6 Å². The van der Waals surface area contributed by atoms with Crippen LogP contribution >= 0.6 is 0 Å². The van der Waals surface area contributed by atoms with Crippen LogP contribution in [0.1, 0.15) is 26.7 Å². The van der Waals surface area contributed by atoms with Crippen LogP contribution < -0.4 is 5.73 Å². The SMILES string of the molecule is CC1(C)CCCO1.NC=O. The maximum Gasteiger partial charge on any atom is 0.204 e. The summed E-state index contributed by atoms with van der Waals surface area (Å²) >= 11 is 0. The minimum Gasteiger partial charge on any atom is -0.376 e. The predicted octanol–water partition coefficient (Wildman–Crippen LogP) is 0.677. The summed E-state index contributed by atoms with van der Waals surface area (Å²) in [5.74, 6) is 0. The van der Waals surface area contributed by atoms with Gasteiger partial charge >= 0.3 is 0 Å². The fourth-order valence-electron chi connectivity index (χ4n) is 0.919. The lowest BCUT2D eigenvalue weighted by atomic mass is 10.1. The Balaban J connectivity index is 0.000000236. The molecule has 1 fully saturated rings. The topological polar surface area (TPSA) is 52.3 Å². The van der Waals surface area contributed by atoms with Gasteiger partial charge in [-0.15, -0.1) is 0 Å². The maximum absolute atomic E-state index is 8.58. The van der Waals surface area contributed by atoms with Gasteiger partial charge in [0.2, 0.25) is 6.41 Å². The van der Waals surface area contributed by atoms with Crippen molar-refractivity contribution in [3.8, 4) is 0 Å². The predicted molar refractivity (Wildman–Crippen MR) is 39.5 cm³/mol. The fraction of sp³-hybridized carbons (Fsp3) is 0.857. The van der Waals surface area contributed by atoms with E-state index in [9.17, 15) is 0 Å². The van der Waals surface area contributed by atoms with Gasteiger partial charge < -0.3 is 10.5 Å². The summed E-state index contributed by atoms with van der Waals surface area (Å²) in [6.45, 7) is 5.24. The molecule has 2 N–H and O–H groups in total. The number of primary amides is 1. The molecule has 0 bridgehead atoms. The maximum atomic E-state index is 8.58. The standard InChI is InChI=1S/C6H12O.CH3NO/c1-6(2)4-3-5-7-6;2-1-3/h3-5H2,1-2H3;1H,(H2,2,3). The third-order valence-corrected chi connectivity index (χ3v) is 1.42. The molecule has 60 valence electrons. The Morgan fingerprint density at radius 1 is 1.60 bits per heavy atom. The van der Waals surface area contributed by atoms with Crippen molar-refractivity contribution in [2.75, 3.05) is 6.61 Å². The van der Waals surface area contributed by atoms with Crippen LogP contribution in [0.15, 0.2) is 0 Å². The molecule has 0 aromatic heterocycles. The Labute approximate surface area is 61.5 Å². The molecule has 1 aliphatic rings. The van der Waals surface area contributed by atoms with Crippen LogP contribution in [0.25, 0.3) is 0 Å². The number of ether oxygens (including phenoxy) is 1. The van der Waals surface area contributed by atoms with Crippen molar-refractivity contribution in [1.82, 2.24) is 0 Å². The van der Waals surface area contributed by atoms with E-state index in [1.165, 1.54) is 12.8 Å². The Bertz CT molecular complexity index is 93.8. The smallest absolute Gasteiger partial charge is 0.204 e. The molecule has 0 aromatic carbocycles. The van der Waals surface area contributed by atoms with Crippen molar-refractivity contribution in [3.05, 3.63) is 0 Å². The lowest BCUT2D eigenvalue weighted by Crippen LogP contribution is -2.15. The summed E-state index contributed by atoms with van der Waals surface area (Å²) in [4.78, 5) is 8.58. The molecule has 3 nitrogen and oxygen atoms in total. The van der Waals surface area contributed by atoms with Crippen LogP contribution in [-0.2, 0) is 9.53 Å². The van der Waals surface area contributed by atoms with Crippen molar-refractivity contribution in [1.29, 1.82) is 0 Å². The number of rotatable bonds is 0. The fourth-order valence-corrected chi connectivity index (χ4v) is 0.919. The molecular weight excluding hydrogens is 130 g/mol. The van der Waals surface area contributed by atoms with Gasteiger partial charge in [-0.1, -0.05) is 0 Å². The van der Waals surface area contributed by atoms with Gasteiger partial charge in [-0.05, 0) is 26.7 Å². The highest BCUT2D eigenvalue weighted by atomic mass is 16.5. The number of hydrogen-bond donors (Lipinski definition) is 1. The molecule has 1 saturated heterocycles. The van der Waals surface area contributed by atoms with E-state index < -0.39 is 0 Å². The number of carbonyl (C=O) groups excluding carboxylic acids is 1. The zero-order chi connectivity index (χ0) is 8.04. The van der Waals surface area contributed by atoms with Gasteiger partial charge in [-0.25, -0.2) is 0 Å². The van der Waals surface area contributed by atoms with Gasteiger partial charge in [0, 0.05) is 6.61 Å². The van der Waals surface area contributed by atoms with Crippen LogP contribution in [0.5, 0.6) is 0 Å². The van der Waals surface area contributed by atoms with E-state index in [4.69, 9.17) is 9.53 Å². The van der Waals surface area contributed by atoms with Gasteiger partial charge in [0.05, 0.1) is 5.60 Å². The molecular formula is C7H15NO2. The van der Waals surface area contributed by atoms with E-state index in [1.807, 2.05) is 0 Å². The molecule has 0 saturated carbocycles. The van der Waals surface area contributed by atoms with Crippen molar-refractivity contribution in [2.45, 2.75) is 32.3 Å². The molecule has 0 radical (unpaired) electrons. The number of carbonyl (C=O) groups is 1. The Morgan fingerprint density at radius 3 is 2.20 bits per heavy atom. The van der Waals surface area contributed by atoms with Crippen LogP contribution in [0.3, 0.4) is 0 Å². The lowest BCUT2D eigenvalue weighted by molar-refractivity contribution is -0.106. The highest BCUT2D eigenvalue weighted by molar-refractivity contribution is 5.42. The molecule has 10 heavy (non-hydrogen) atoms. The Hall–Kier alpha value is -0.570. The van der Waals surface area contributed by atoms with Crippen molar-refractivity contribution >= 4 is 6.41 Å². The lowest BCUT2D eigenvalue weighted by Gasteiger charge is -2.14. The molecule has 0 aliphatic carbocycles. The van der Waals surface area contributed by atoms with Crippen LogP contribution in [0.4, 0.5) is 0 Å².